The zero-order valence-corrected chi connectivity index (χ0v) is 12.0. The molecule has 0 saturated carbocycles. The van der Waals surface area contributed by atoms with Gasteiger partial charge in [0.25, 0.3) is 11.5 Å². The van der Waals surface area contributed by atoms with Gasteiger partial charge in [0.05, 0.1) is 6.04 Å². The number of amides is 2. The van der Waals surface area contributed by atoms with Gasteiger partial charge in [-0.15, -0.1) is 0 Å². The number of ether oxygens (including phenoxy) is 1. The zero-order valence-electron chi connectivity index (χ0n) is 12.0. The number of cyclic esters (lactones) is 1. The Labute approximate surface area is 121 Å². The number of hydrogen-bond acceptors (Lipinski definition) is 4. The average molecular weight is 291 g/mol. The maximum Gasteiger partial charge on any atom is 0.410 e. The Morgan fingerprint density at radius 2 is 2.05 bits per heavy atom. The molecule has 0 aliphatic carbocycles. The molecule has 0 bridgehead atoms. The van der Waals surface area contributed by atoms with E-state index in [-0.39, 0.29) is 29.2 Å². The van der Waals surface area contributed by atoms with E-state index in [4.69, 9.17) is 4.74 Å². The number of piperazine rings is 1. The van der Waals surface area contributed by atoms with Crippen LogP contribution in [0.15, 0.2) is 16.9 Å². The summed E-state index contributed by atoms with van der Waals surface area (Å²) in [6.07, 6.45) is -0.321. The highest BCUT2D eigenvalue weighted by Gasteiger charge is 2.39. The number of fused-ring (bicyclic) bond motifs is 1. The molecule has 0 spiro atoms. The second-order valence-electron chi connectivity index (χ2n) is 5.43. The minimum absolute atomic E-state index is 0.107. The van der Waals surface area contributed by atoms with Gasteiger partial charge in [-0.2, -0.15) is 0 Å². The molecular formula is C14H17N3O4. The Kier molecular flexibility index (Phi) is 3.19. The fourth-order valence-corrected chi connectivity index (χ4v) is 2.73. The summed E-state index contributed by atoms with van der Waals surface area (Å²) in [5.41, 5.74) is 0.680. The Balaban J connectivity index is 1.82. The third kappa shape index (κ3) is 2.18. The summed E-state index contributed by atoms with van der Waals surface area (Å²) in [7, 11) is 1.65. The molecule has 112 valence electrons. The van der Waals surface area contributed by atoms with Gasteiger partial charge in [0.2, 0.25) is 0 Å². The molecule has 1 aromatic rings. The zero-order chi connectivity index (χ0) is 15.1. The van der Waals surface area contributed by atoms with E-state index >= 15 is 0 Å². The lowest BCUT2D eigenvalue weighted by Crippen LogP contribution is -2.54. The van der Waals surface area contributed by atoms with Crippen LogP contribution in [0, 0.1) is 6.92 Å². The summed E-state index contributed by atoms with van der Waals surface area (Å²) >= 11 is 0. The maximum absolute atomic E-state index is 12.5. The van der Waals surface area contributed by atoms with Crippen molar-refractivity contribution in [2.45, 2.75) is 13.0 Å². The second kappa shape index (κ2) is 4.91. The Hall–Kier alpha value is -2.31. The van der Waals surface area contributed by atoms with Gasteiger partial charge >= 0.3 is 6.09 Å². The normalized spacial score (nSPS) is 21.2. The highest BCUT2D eigenvalue weighted by Crippen LogP contribution is 2.18. The molecular weight excluding hydrogens is 274 g/mol. The first-order valence-corrected chi connectivity index (χ1v) is 6.88. The summed E-state index contributed by atoms with van der Waals surface area (Å²) in [6.45, 7) is 3.38. The number of aromatic nitrogens is 1. The third-order valence-electron chi connectivity index (χ3n) is 4.19. The van der Waals surface area contributed by atoms with Gasteiger partial charge in [0.1, 0.15) is 12.2 Å². The Bertz CT molecular complexity index is 667. The number of carbonyl (C=O) groups excluding carboxylic acids is 2. The van der Waals surface area contributed by atoms with Crippen molar-refractivity contribution in [2.24, 2.45) is 7.05 Å². The van der Waals surface area contributed by atoms with Crippen LogP contribution in [0.4, 0.5) is 4.79 Å². The minimum atomic E-state index is -0.321. The fourth-order valence-electron chi connectivity index (χ4n) is 2.73. The predicted molar refractivity (Wildman–Crippen MR) is 74.2 cm³/mol. The van der Waals surface area contributed by atoms with Gasteiger partial charge in [-0.1, -0.05) is 0 Å². The molecule has 1 atom stereocenters. The van der Waals surface area contributed by atoms with E-state index in [1.165, 1.54) is 4.57 Å². The Morgan fingerprint density at radius 3 is 2.81 bits per heavy atom. The molecule has 7 nitrogen and oxygen atoms in total. The first kappa shape index (κ1) is 13.7. The van der Waals surface area contributed by atoms with Crippen molar-refractivity contribution in [2.75, 3.05) is 26.2 Å². The first-order chi connectivity index (χ1) is 9.99. The molecule has 2 aliphatic rings. The molecule has 0 unspecified atom stereocenters. The van der Waals surface area contributed by atoms with Crippen molar-refractivity contribution in [3.63, 3.8) is 0 Å². The standard InChI is InChI=1S/C14H17N3O4/c1-9-3-4-11(12(18)15(9)2)13(19)16-5-6-17-10(7-16)8-21-14(17)20/h3-4,10H,5-8H2,1-2H3/t10-/m1/s1. The molecule has 2 fully saturated rings. The molecule has 0 radical (unpaired) electrons. The summed E-state index contributed by atoms with van der Waals surface area (Å²) in [6, 6.07) is 3.22. The van der Waals surface area contributed by atoms with Crippen LogP contribution in [-0.4, -0.2) is 58.7 Å². The molecule has 1 aromatic heterocycles. The van der Waals surface area contributed by atoms with Crippen molar-refractivity contribution < 1.29 is 14.3 Å². The molecule has 2 saturated heterocycles. The van der Waals surface area contributed by atoms with Crippen LogP contribution >= 0.6 is 0 Å². The lowest BCUT2D eigenvalue weighted by Gasteiger charge is -2.35. The van der Waals surface area contributed by atoms with E-state index in [1.807, 2.05) is 6.92 Å². The van der Waals surface area contributed by atoms with E-state index in [0.29, 0.717) is 26.2 Å². The lowest BCUT2D eigenvalue weighted by molar-refractivity contribution is 0.0614. The van der Waals surface area contributed by atoms with Gasteiger partial charge in [-0.3, -0.25) is 14.5 Å². The number of rotatable bonds is 1. The summed E-state index contributed by atoms with van der Waals surface area (Å²) < 4.78 is 6.44. The van der Waals surface area contributed by atoms with Gasteiger partial charge in [0, 0.05) is 32.4 Å². The molecule has 0 aromatic carbocycles. The Morgan fingerprint density at radius 1 is 1.29 bits per heavy atom. The van der Waals surface area contributed by atoms with E-state index in [1.54, 1.807) is 29.0 Å². The first-order valence-electron chi connectivity index (χ1n) is 6.88. The molecule has 3 heterocycles. The summed E-state index contributed by atoms with van der Waals surface area (Å²) in [4.78, 5) is 39.4. The number of pyridine rings is 1. The molecule has 2 aliphatic heterocycles. The van der Waals surface area contributed by atoms with Crippen LogP contribution in [0.1, 0.15) is 16.1 Å². The summed E-state index contributed by atoms with van der Waals surface area (Å²) in [5.74, 6) is -0.283. The molecule has 7 heteroatoms. The highest BCUT2D eigenvalue weighted by atomic mass is 16.6. The van der Waals surface area contributed by atoms with E-state index in [0.717, 1.165) is 5.69 Å². The highest BCUT2D eigenvalue weighted by molar-refractivity contribution is 5.94. The van der Waals surface area contributed by atoms with Crippen molar-refractivity contribution in [3.8, 4) is 0 Å². The smallest absolute Gasteiger partial charge is 0.410 e. The van der Waals surface area contributed by atoms with Crippen LogP contribution in [0.3, 0.4) is 0 Å². The fraction of sp³-hybridized carbons (Fsp3) is 0.500. The molecule has 21 heavy (non-hydrogen) atoms. The summed E-state index contributed by atoms with van der Waals surface area (Å²) in [5, 5.41) is 0. The quantitative estimate of drug-likeness (QED) is 0.728. The van der Waals surface area contributed by atoms with Crippen molar-refractivity contribution in [3.05, 3.63) is 33.7 Å². The van der Waals surface area contributed by atoms with Crippen LogP contribution < -0.4 is 5.56 Å². The molecule has 3 rings (SSSR count). The van der Waals surface area contributed by atoms with Gasteiger partial charge in [0.15, 0.2) is 0 Å². The van der Waals surface area contributed by atoms with Crippen molar-refractivity contribution in [1.82, 2.24) is 14.4 Å². The number of hydrogen-bond donors (Lipinski definition) is 0. The van der Waals surface area contributed by atoms with E-state index in [9.17, 15) is 14.4 Å². The van der Waals surface area contributed by atoms with E-state index < -0.39 is 0 Å². The van der Waals surface area contributed by atoms with Gasteiger partial charge in [-0.25, -0.2) is 4.79 Å². The lowest BCUT2D eigenvalue weighted by atomic mass is 10.1. The number of aryl methyl sites for hydroxylation is 1. The van der Waals surface area contributed by atoms with E-state index in [2.05, 4.69) is 0 Å². The SMILES string of the molecule is Cc1ccc(C(=O)N2CCN3C(=O)OC[C@H]3C2)c(=O)n1C. The third-order valence-corrected chi connectivity index (χ3v) is 4.19. The van der Waals surface area contributed by atoms with Crippen LogP contribution in [0.5, 0.6) is 0 Å². The predicted octanol–water partition coefficient (Wildman–Crippen LogP) is -0.0297. The minimum Gasteiger partial charge on any atom is -0.447 e. The van der Waals surface area contributed by atoms with Crippen LogP contribution in [-0.2, 0) is 11.8 Å². The number of carbonyl (C=O) groups is 2. The van der Waals surface area contributed by atoms with Crippen molar-refractivity contribution in [1.29, 1.82) is 0 Å². The molecule has 0 N–H and O–H groups in total. The largest absolute Gasteiger partial charge is 0.447 e. The number of nitrogens with zero attached hydrogens (tertiary/aromatic N) is 3. The average Bonchev–Trinajstić information content (AvgIpc) is 2.85. The van der Waals surface area contributed by atoms with Gasteiger partial charge < -0.3 is 14.2 Å². The topological polar surface area (TPSA) is 71.9 Å². The van der Waals surface area contributed by atoms with Crippen LogP contribution in [0.25, 0.3) is 0 Å². The monoisotopic (exact) mass is 291 g/mol. The second-order valence-corrected chi connectivity index (χ2v) is 5.43. The maximum atomic E-state index is 12.5. The van der Waals surface area contributed by atoms with Crippen molar-refractivity contribution >= 4 is 12.0 Å². The molecule has 2 amide bonds. The van der Waals surface area contributed by atoms with Crippen LogP contribution in [0.2, 0.25) is 0 Å². The van der Waals surface area contributed by atoms with Gasteiger partial charge in [-0.05, 0) is 19.1 Å².